The minimum Gasteiger partial charge on any atom is -0.462 e. The molecule has 1 unspecified atom stereocenters. The molecule has 2 aromatic carbocycles. The van der Waals surface area contributed by atoms with Gasteiger partial charge in [0.15, 0.2) is 0 Å². The molecule has 1 N–H and O–H groups in total. The van der Waals surface area contributed by atoms with E-state index in [1.54, 1.807) is 55.5 Å². The smallest absolute Gasteiger partial charge is 0.338 e. The maximum atomic E-state index is 12.9. The Morgan fingerprint density at radius 1 is 1.13 bits per heavy atom. The van der Waals surface area contributed by atoms with Gasteiger partial charge in [-0.1, -0.05) is 15.9 Å². The number of piperidine rings is 1. The SMILES string of the molecule is CCOC(=O)c1ccc(NC(=O)C2CCCN(S(=O)(=O)c3ccc(Br)cc3)C2)cc1. The largest absolute Gasteiger partial charge is 0.462 e. The summed E-state index contributed by atoms with van der Waals surface area (Å²) >= 11 is 3.30. The standard InChI is InChI=1S/C21H23BrN2O5S/c1-2-29-21(26)15-5-9-18(10-6-15)23-20(25)16-4-3-13-24(14-16)30(27,28)19-11-7-17(22)8-12-19/h5-12,16H,2-4,13-14H2,1H3,(H,23,25). The highest BCUT2D eigenvalue weighted by molar-refractivity contribution is 9.10. The number of amides is 1. The molecular formula is C21H23BrN2O5S. The van der Waals surface area contributed by atoms with Crippen LogP contribution in [0.4, 0.5) is 5.69 Å². The van der Waals surface area contributed by atoms with Crippen LogP contribution in [0.25, 0.3) is 0 Å². The fourth-order valence-electron chi connectivity index (χ4n) is 3.28. The molecule has 0 bridgehead atoms. The zero-order chi connectivity index (χ0) is 21.7. The number of nitrogens with one attached hydrogen (secondary N) is 1. The lowest BCUT2D eigenvalue weighted by Crippen LogP contribution is -2.43. The average molecular weight is 495 g/mol. The number of nitrogens with zero attached hydrogens (tertiary/aromatic N) is 1. The molecule has 0 spiro atoms. The maximum Gasteiger partial charge on any atom is 0.338 e. The summed E-state index contributed by atoms with van der Waals surface area (Å²) < 4.78 is 32.9. The number of carbonyl (C=O) groups is 2. The summed E-state index contributed by atoms with van der Waals surface area (Å²) in [5, 5.41) is 2.81. The molecule has 1 atom stereocenters. The van der Waals surface area contributed by atoms with Crippen molar-refractivity contribution in [1.29, 1.82) is 0 Å². The van der Waals surface area contributed by atoms with Crippen LogP contribution in [0.5, 0.6) is 0 Å². The van der Waals surface area contributed by atoms with Crippen molar-refractivity contribution < 1.29 is 22.7 Å². The lowest BCUT2D eigenvalue weighted by atomic mass is 9.98. The van der Waals surface area contributed by atoms with Crippen molar-refractivity contribution in [3.63, 3.8) is 0 Å². The molecule has 9 heteroatoms. The van der Waals surface area contributed by atoms with E-state index in [1.807, 2.05) is 0 Å². The predicted molar refractivity (Wildman–Crippen MR) is 117 cm³/mol. The molecule has 160 valence electrons. The van der Waals surface area contributed by atoms with E-state index in [2.05, 4.69) is 21.2 Å². The predicted octanol–water partition coefficient (Wildman–Crippen LogP) is 3.67. The first-order chi connectivity index (χ1) is 14.3. The number of halogens is 1. The normalized spacial score (nSPS) is 17.3. The van der Waals surface area contributed by atoms with Crippen LogP contribution in [0.15, 0.2) is 57.9 Å². The summed E-state index contributed by atoms with van der Waals surface area (Å²) in [6.45, 7) is 2.54. The lowest BCUT2D eigenvalue weighted by Gasteiger charge is -2.31. The summed E-state index contributed by atoms with van der Waals surface area (Å²) in [6.07, 6.45) is 1.22. The van der Waals surface area contributed by atoms with E-state index in [0.29, 0.717) is 37.2 Å². The molecule has 0 radical (unpaired) electrons. The number of hydrogen-bond acceptors (Lipinski definition) is 5. The monoisotopic (exact) mass is 494 g/mol. The van der Waals surface area contributed by atoms with E-state index in [-0.39, 0.29) is 17.3 Å². The molecule has 7 nitrogen and oxygen atoms in total. The summed E-state index contributed by atoms with van der Waals surface area (Å²) in [6, 6.07) is 12.9. The number of esters is 1. The molecule has 1 saturated heterocycles. The summed E-state index contributed by atoms with van der Waals surface area (Å²) in [5.41, 5.74) is 0.945. The molecule has 0 aromatic heterocycles. The van der Waals surface area contributed by atoms with E-state index >= 15 is 0 Å². The number of rotatable bonds is 6. The summed E-state index contributed by atoms with van der Waals surface area (Å²) in [4.78, 5) is 24.6. The molecular weight excluding hydrogens is 472 g/mol. The molecule has 1 heterocycles. The van der Waals surface area contributed by atoms with Crippen molar-refractivity contribution in [2.75, 3.05) is 25.0 Å². The lowest BCUT2D eigenvalue weighted by molar-refractivity contribution is -0.120. The summed E-state index contributed by atoms with van der Waals surface area (Å²) in [5.74, 6) is -1.11. The first kappa shape index (κ1) is 22.5. The van der Waals surface area contributed by atoms with Gasteiger partial charge in [0.2, 0.25) is 15.9 Å². The van der Waals surface area contributed by atoms with E-state index in [0.717, 1.165) is 4.47 Å². The minimum absolute atomic E-state index is 0.130. The van der Waals surface area contributed by atoms with Crippen molar-refractivity contribution in [3.8, 4) is 0 Å². The van der Waals surface area contributed by atoms with Crippen LogP contribution in [0.1, 0.15) is 30.1 Å². The Balaban J connectivity index is 1.65. The van der Waals surface area contributed by atoms with Crippen LogP contribution in [0.3, 0.4) is 0 Å². The second-order valence-electron chi connectivity index (χ2n) is 6.94. The van der Waals surface area contributed by atoms with E-state index in [9.17, 15) is 18.0 Å². The van der Waals surface area contributed by atoms with Crippen LogP contribution >= 0.6 is 15.9 Å². The van der Waals surface area contributed by atoms with Crippen LogP contribution in [-0.4, -0.2) is 44.3 Å². The number of hydrogen-bond donors (Lipinski definition) is 1. The molecule has 3 rings (SSSR count). The molecule has 0 saturated carbocycles. The van der Waals surface area contributed by atoms with E-state index in [1.165, 1.54) is 4.31 Å². The third-order valence-corrected chi connectivity index (χ3v) is 7.28. The van der Waals surface area contributed by atoms with Crippen LogP contribution in [-0.2, 0) is 19.6 Å². The Kier molecular flexibility index (Phi) is 7.27. The molecule has 1 amide bonds. The van der Waals surface area contributed by atoms with Crippen LogP contribution in [0, 0.1) is 5.92 Å². The molecule has 0 aliphatic carbocycles. The first-order valence-corrected chi connectivity index (χ1v) is 11.9. The minimum atomic E-state index is -3.66. The van der Waals surface area contributed by atoms with Crippen molar-refractivity contribution in [2.45, 2.75) is 24.7 Å². The van der Waals surface area contributed by atoms with Crippen LogP contribution < -0.4 is 5.32 Å². The van der Waals surface area contributed by atoms with Gasteiger partial charge in [-0.05, 0) is 68.3 Å². The van der Waals surface area contributed by atoms with Gasteiger partial charge in [0.25, 0.3) is 0 Å². The van der Waals surface area contributed by atoms with Gasteiger partial charge in [0.1, 0.15) is 0 Å². The Hall–Kier alpha value is -2.23. The van der Waals surface area contributed by atoms with Gasteiger partial charge in [-0.25, -0.2) is 13.2 Å². The Labute approximate surface area is 184 Å². The Morgan fingerprint density at radius 2 is 1.80 bits per heavy atom. The van der Waals surface area contributed by atoms with Gasteiger partial charge in [-0.2, -0.15) is 4.31 Å². The van der Waals surface area contributed by atoms with Gasteiger partial charge < -0.3 is 10.1 Å². The van der Waals surface area contributed by atoms with Gasteiger partial charge in [0.05, 0.1) is 23.0 Å². The average Bonchev–Trinajstić information content (AvgIpc) is 2.75. The maximum absolute atomic E-state index is 12.9. The van der Waals surface area contributed by atoms with Crippen molar-refractivity contribution in [3.05, 3.63) is 58.6 Å². The Morgan fingerprint density at radius 3 is 2.43 bits per heavy atom. The second-order valence-corrected chi connectivity index (χ2v) is 9.80. The van der Waals surface area contributed by atoms with Gasteiger partial charge in [-0.15, -0.1) is 0 Å². The van der Waals surface area contributed by atoms with Gasteiger partial charge in [0, 0.05) is 23.2 Å². The highest BCUT2D eigenvalue weighted by Gasteiger charge is 2.33. The highest BCUT2D eigenvalue weighted by Crippen LogP contribution is 2.25. The fraction of sp³-hybridized carbons (Fsp3) is 0.333. The third-order valence-electron chi connectivity index (χ3n) is 4.87. The zero-order valence-electron chi connectivity index (χ0n) is 16.5. The number of benzene rings is 2. The van der Waals surface area contributed by atoms with Gasteiger partial charge >= 0.3 is 5.97 Å². The number of sulfonamides is 1. The molecule has 1 aliphatic rings. The second kappa shape index (κ2) is 9.72. The number of ether oxygens (including phenoxy) is 1. The zero-order valence-corrected chi connectivity index (χ0v) is 18.9. The number of anilines is 1. The van der Waals surface area contributed by atoms with Crippen molar-refractivity contribution in [2.24, 2.45) is 5.92 Å². The quantitative estimate of drug-likeness (QED) is 0.618. The molecule has 30 heavy (non-hydrogen) atoms. The van der Waals surface area contributed by atoms with E-state index in [4.69, 9.17) is 4.74 Å². The summed E-state index contributed by atoms with van der Waals surface area (Å²) in [7, 11) is -3.66. The van der Waals surface area contributed by atoms with Crippen molar-refractivity contribution in [1.82, 2.24) is 4.31 Å². The molecule has 2 aromatic rings. The number of carbonyl (C=O) groups excluding carboxylic acids is 2. The van der Waals surface area contributed by atoms with Gasteiger partial charge in [-0.3, -0.25) is 4.79 Å². The highest BCUT2D eigenvalue weighted by atomic mass is 79.9. The van der Waals surface area contributed by atoms with Crippen molar-refractivity contribution >= 4 is 43.5 Å². The van der Waals surface area contributed by atoms with Crippen LogP contribution in [0.2, 0.25) is 0 Å². The van der Waals surface area contributed by atoms with E-state index < -0.39 is 21.9 Å². The first-order valence-electron chi connectivity index (χ1n) is 9.65. The topological polar surface area (TPSA) is 92.8 Å². The fourth-order valence-corrected chi connectivity index (χ4v) is 5.07. The molecule has 1 fully saturated rings. The third kappa shape index (κ3) is 5.27. The molecule has 1 aliphatic heterocycles. The Bertz CT molecular complexity index is 1010.